The molecule has 0 aliphatic carbocycles. The number of nitrogens with one attached hydrogen (secondary N) is 2. The molecule has 2 aromatic carbocycles. The summed E-state index contributed by atoms with van der Waals surface area (Å²) in [5.74, 6) is 0.332. The van der Waals surface area contributed by atoms with Gasteiger partial charge in [-0.15, -0.1) is 0 Å². The Kier molecular flexibility index (Phi) is 7.51. The van der Waals surface area contributed by atoms with Gasteiger partial charge in [-0.25, -0.2) is 13.4 Å². The fraction of sp³-hybridized carbons (Fsp3) is 0.400. The first-order valence-corrected chi connectivity index (χ1v) is 13.4. The Balaban J connectivity index is 1.52. The SMILES string of the molecule is CCCn1c(CCC(=O)Nc2cccc(C(=O)NC)c2)nc2cc(S(=O)(=O)N3CCCC3)ccc21. The van der Waals surface area contributed by atoms with Crippen LogP contribution < -0.4 is 10.6 Å². The Morgan fingerprint density at radius 3 is 2.57 bits per heavy atom. The number of imidazole rings is 1. The molecule has 1 aliphatic rings. The van der Waals surface area contributed by atoms with Crippen LogP contribution in [-0.4, -0.2) is 54.2 Å². The molecule has 2 amide bonds. The molecule has 0 spiro atoms. The normalized spacial score (nSPS) is 14.3. The Labute approximate surface area is 205 Å². The van der Waals surface area contributed by atoms with Crippen LogP contribution in [0.3, 0.4) is 0 Å². The Bertz CT molecular complexity index is 1340. The molecule has 3 aromatic rings. The zero-order valence-electron chi connectivity index (χ0n) is 20.1. The predicted molar refractivity (Wildman–Crippen MR) is 135 cm³/mol. The number of anilines is 1. The molecule has 0 atom stereocenters. The first kappa shape index (κ1) is 24.9. The van der Waals surface area contributed by atoms with Gasteiger partial charge in [-0.05, 0) is 55.7 Å². The maximum atomic E-state index is 13.0. The van der Waals surface area contributed by atoms with E-state index in [0.717, 1.165) is 37.1 Å². The van der Waals surface area contributed by atoms with Crippen molar-refractivity contribution in [2.45, 2.75) is 50.5 Å². The molecular weight excluding hydrogens is 466 g/mol. The van der Waals surface area contributed by atoms with Gasteiger partial charge in [-0.1, -0.05) is 13.0 Å². The van der Waals surface area contributed by atoms with Gasteiger partial charge in [-0.3, -0.25) is 9.59 Å². The molecular formula is C25H31N5O4S. The quantitative estimate of drug-likeness (QED) is 0.471. The summed E-state index contributed by atoms with van der Waals surface area (Å²) in [6, 6.07) is 11.9. The minimum atomic E-state index is -3.53. The van der Waals surface area contributed by atoms with Gasteiger partial charge in [0.05, 0.1) is 15.9 Å². The summed E-state index contributed by atoms with van der Waals surface area (Å²) in [7, 11) is -1.97. The van der Waals surface area contributed by atoms with Crippen LogP contribution in [0.1, 0.15) is 48.8 Å². The summed E-state index contributed by atoms with van der Waals surface area (Å²) >= 11 is 0. The van der Waals surface area contributed by atoms with Crippen molar-refractivity contribution in [2.75, 3.05) is 25.5 Å². The largest absolute Gasteiger partial charge is 0.355 e. The number of hydrogen-bond donors (Lipinski definition) is 2. The summed E-state index contributed by atoms with van der Waals surface area (Å²) in [4.78, 5) is 29.4. The molecule has 2 N–H and O–H groups in total. The Morgan fingerprint density at radius 1 is 1.09 bits per heavy atom. The van der Waals surface area contributed by atoms with Crippen LogP contribution in [0, 0.1) is 0 Å². The number of aromatic nitrogens is 2. The van der Waals surface area contributed by atoms with Crippen molar-refractivity contribution >= 4 is 38.6 Å². The van der Waals surface area contributed by atoms with Gasteiger partial charge in [0.25, 0.3) is 5.91 Å². The summed E-state index contributed by atoms with van der Waals surface area (Å²) < 4.78 is 29.6. The Hall–Kier alpha value is -3.24. The van der Waals surface area contributed by atoms with Crippen LogP contribution >= 0.6 is 0 Å². The Morgan fingerprint density at radius 2 is 1.86 bits per heavy atom. The molecule has 10 heteroatoms. The zero-order chi connectivity index (χ0) is 25.0. The van der Waals surface area contributed by atoms with Crippen LogP contribution in [0.25, 0.3) is 11.0 Å². The number of hydrogen-bond acceptors (Lipinski definition) is 5. The molecule has 9 nitrogen and oxygen atoms in total. The van der Waals surface area contributed by atoms with Gasteiger partial charge in [0.2, 0.25) is 15.9 Å². The minimum absolute atomic E-state index is 0.188. The average Bonchev–Trinajstić information content (AvgIpc) is 3.51. The summed E-state index contributed by atoms with van der Waals surface area (Å²) in [5.41, 5.74) is 2.50. The third-order valence-electron chi connectivity index (χ3n) is 6.16. The van der Waals surface area contributed by atoms with E-state index >= 15 is 0 Å². The van der Waals surface area contributed by atoms with Crippen molar-refractivity contribution in [1.82, 2.24) is 19.2 Å². The first-order valence-electron chi connectivity index (χ1n) is 11.9. The number of nitrogens with zero attached hydrogens (tertiary/aromatic N) is 3. The molecule has 1 saturated heterocycles. The summed E-state index contributed by atoms with van der Waals surface area (Å²) in [6.45, 7) is 3.89. The number of sulfonamides is 1. The molecule has 186 valence electrons. The van der Waals surface area contributed by atoms with Gasteiger partial charge in [0, 0.05) is 50.8 Å². The van der Waals surface area contributed by atoms with E-state index in [9.17, 15) is 18.0 Å². The molecule has 0 saturated carbocycles. The van der Waals surface area contributed by atoms with E-state index in [1.807, 2.05) is 6.07 Å². The van der Waals surface area contributed by atoms with Crippen LogP contribution in [0.2, 0.25) is 0 Å². The highest BCUT2D eigenvalue weighted by Gasteiger charge is 2.28. The van der Waals surface area contributed by atoms with E-state index in [1.165, 1.54) is 4.31 Å². The number of carbonyl (C=O) groups is 2. The van der Waals surface area contributed by atoms with E-state index in [-0.39, 0.29) is 23.1 Å². The van der Waals surface area contributed by atoms with Crippen molar-refractivity contribution in [1.29, 1.82) is 0 Å². The predicted octanol–water partition coefficient (Wildman–Crippen LogP) is 3.16. The van der Waals surface area contributed by atoms with Crippen molar-refractivity contribution in [3.8, 4) is 0 Å². The van der Waals surface area contributed by atoms with E-state index in [1.54, 1.807) is 43.4 Å². The molecule has 1 aliphatic heterocycles. The minimum Gasteiger partial charge on any atom is -0.355 e. The van der Waals surface area contributed by atoms with Gasteiger partial charge in [0.15, 0.2) is 0 Å². The maximum Gasteiger partial charge on any atom is 0.251 e. The van der Waals surface area contributed by atoms with Crippen molar-refractivity contribution in [2.24, 2.45) is 0 Å². The zero-order valence-corrected chi connectivity index (χ0v) is 20.9. The van der Waals surface area contributed by atoms with Crippen LogP contribution in [-0.2, 0) is 27.8 Å². The molecule has 0 unspecified atom stereocenters. The second kappa shape index (κ2) is 10.6. The van der Waals surface area contributed by atoms with Crippen LogP contribution in [0.15, 0.2) is 47.4 Å². The molecule has 2 heterocycles. The lowest BCUT2D eigenvalue weighted by Gasteiger charge is -2.15. The number of rotatable bonds is 9. The highest BCUT2D eigenvalue weighted by Crippen LogP contribution is 2.26. The van der Waals surface area contributed by atoms with Gasteiger partial charge in [0.1, 0.15) is 5.82 Å². The third-order valence-corrected chi connectivity index (χ3v) is 8.05. The molecule has 1 fully saturated rings. The number of carbonyl (C=O) groups excluding carboxylic acids is 2. The van der Waals surface area contributed by atoms with E-state index in [0.29, 0.717) is 36.3 Å². The topological polar surface area (TPSA) is 113 Å². The fourth-order valence-corrected chi connectivity index (χ4v) is 5.93. The second-order valence-electron chi connectivity index (χ2n) is 8.65. The molecule has 0 bridgehead atoms. The maximum absolute atomic E-state index is 13.0. The molecule has 4 rings (SSSR count). The van der Waals surface area contributed by atoms with Crippen molar-refractivity contribution in [3.05, 3.63) is 53.9 Å². The summed E-state index contributed by atoms with van der Waals surface area (Å²) in [5, 5.41) is 5.40. The number of amides is 2. The van der Waals surface area contributed by atoms with Crippen molar-refractivity contribution in [3.63, 3.8) is 0 Å². The standard InChI is InChI=1S/C25H31N5O4S/c1-3-13-30-22-10-9-20(35(33,34)29-14-4-5-15-29)17-21(22)28-23(30)11-12-24(31)27-19-8-6-7-18(16-19)25(32)26-2/h6-10,16-17H,3-5,11-15H2,1-2H3,(H,26,32)(H,27,31). The van der Waals surface area contributed by atoms with Crippen LogP contribution in [0.4, 0.5) is 5.69 Å². The van der Waals surface area contributed by atoms with E-state index in [4.69, 9.17) is 4.98 Å². The van der Waals surface area contributed by atoms with Gasteiger partial charge >= 0.3 is 0 Å². The van der Waals surface area contributed by atoms with Crippen molar-refractivity contribution < 1.29 is 18.0 Å². The lowest BCUT2D eigenvalue weighted by Crippen LogP contribution is -2.27. The first-order chi connectivity index (χ1) is 16.8. The van der Waals surface area contributed by atoms with Crippen LogP contribution in [0.5, 0.6) is 0 Å². The lowest BCUT2D eigenvalue weighted by atomic mass is 10.2. The molecule has 0 radical (unpaired) electrons. The third kappa shape index (κ3) is 5.38. The fourth-order valence-electron chi connectivity index (χ4n) is 4.39. The summed E-state index contributed by atoms with van der Waals surface area (Å²) in [6.07, 6.45) is 3.26. The lowest BCUT2D eigenvalue weighted by molar-refractivity contribution is -0.116. The molecule has 1 aromatic heterocycles. The monoisotopic (exact) mass is 497 g/mol. The van der Waals surface area contributed by atoms with E-state index in [2.05, 4.69) is 22.1 Å². The second-order valence-corrected chi connectivity index (χ2v) is 10.6. The highest BCUT2D eigenvalue weighted by molar-refractivity contribution is 7.89. The highest BCUT2D eigenvalue weighted by atomic mass is 32.2. The number of benzene rings is 2. The smallest absolute Gasteiger partial charge is 0.251 e. The number of fused-ring (bicyclic) bond motifs is 1. The molecule has 35 heavy (non-hydrogen) atoms. The van der Waals surface area contributed by atoms with Gasteiger partial charge < -0.3 is 15.2 Å². The average molecular weight is 498 g/mol. The van der Waals surface area contributed by atoms with E-state index < -0.39 is 10.0 Å². The van der Waals surface area contributed by atoms with Gasteiger partial charge in [-0.2, -0.15) is 4.31 Å². The number of aryl methyl sites for hydroxylation is 2.